The number of rotatable bonds is 5. The standard InChI is InChI=1S/C23H21ClN6O2S/c1-28(2)16-8-6-15(7-9-16)26-20(31)11-18-13-33-23-27-21-19(22(32)29(18)23)12-25-30(21)17-5-3-4-14(24)10-17/h3-10,12,18H,11,13H2,1-2H3,(H,26,31). The number of carbonyl (C=O) groups is 1. The lowest BCUT2D eigenvalue weighted by Gasteiger charge is -2.15. The van der Waals surface area contributed by atoms with E-state index in [1.807, 2.05) is 55.4 Å². The van der Waals surface area contributed by atoms with Crippen LogP contribution in [0.4, 0.5) is 11.4 Å². The Morgan fingerprint density at radius 1 is 1.24 bits per heavy atom. The van der Waals surface area contributed by atoms with Crippen molar-refractivity contribution in [2.75, 3.05) is 30.1 Å². The maximum atomic E-state index is 13.3. The Morgan fingerprint density at radius 3 is 2.76 bits per heavy atom. The molecule has 1 unspecified atom stereocenters. The lowest BCUT2D eigenvalue weighted by molar-refractivity contribution is -0.116. The summed E-state index contributed by atoms with van der Waals surface area (Å²) >= 11 is 7.58. The summed E-state index contributed by atoms with van der Waals surface area (Å²) in [5.74, 6) is 0.458. The van der Waals surface area contributed by atoms with Crippen molar-refractivity contribution >= 4 is 51.7 Å². The van der Waals surface area contributed by atoms with E-state index in [1.165, 1.54) is 18.0 Å². The molecule has 5 rings (SSSR count). The highest BCUT2D eigenvalue weighted by Crippen LogP contribution is 2.33. The van der Waals surface area contributed by atoms with Crippen molar-refractivity contribution in [3.63, 3.8) is 0 Å². The van der Waals surface area contributed by atoms with Gasteiger partial charge >= 0.3 is 0 Å². The second-order valence-electron chi connectivity index (χ2n) is 8.00. The van der Waals surface area contributed by atoms with Gasteiger partial charge in [-0.15, -0.1) is 0 Å². The number of carbonyl (C=O) groups excluding carboxylic acids is 1. The van der Waals surface area contributed by atoms with Crippen LogP contribution in [-0.2, 0) is 4.79 Å². The predicted molar refractivity (Wildman–Crippen MR) is 132 cm³/mol. The molecular formula is C23H21ClN6O2S. The molecule has 0 fully saturated rings. The van der Waals surface area contributed by atoms with Gasteiger partial charge in [-0.2, -0.15) is 5.10 Å². The van der Waals surface area contributed by atoms with Crippen molar-refractivity contribution < 1.29 is 4.79 Å². The van der Waals surface area contributed by atoms with E-state index in [4.69, 9.17) is 16.6 Å². The normalized spacial score (nSPS) is 14.9. The van der Waals surface area contributed by atoms with Gasteiger partial charge in [0.2, 0.25) is 5.91 Å². The predicted octanol–water partition coefficient (Wildman–Crippen LogP) is 3.98. The SMILES string of the molecule is CN(C)c1ccc(NC(=O)CC2CSc3nc4c(cnn4-c4cccc(Cl)c4)c(=O)n32)cc1. The molecule has 0 spiro atoms. The summed E-state index contributed by atoms with van der Waals surface area (Å²) in [4.78, 5) is 32.7. The number of nitrogens with zero attached hydrogens (tertiary/aromatic N) is 5. The van der Waals surface area contributed by atoms with E-state index < -0.39 is 0 Å². The van der Waals surface area contributed by atoms with Gasteiger partial charge in [0, 0.05) is 42.7 Å². The molecule has 10 heteroatoms. The molecule has 1 amide bonds. The largest absolute Gasteiger partial charge is 0.378 e. The molecule has 1 aliphatic heterocycles. The zero-order valence-electron chi connectivity index (χ0n) is 18.0. The fourth-order valence-corrected chi connectivity index (χ4v) is 5.16. The lowest BCUT2D eigenvalue weighted by Crippen LogP contribution is -2.27. The molecule has 0 aliphatic carbocycles. The van der Waals surface area contributed by atoms with Gasteiger partial charge in [-0.25, -0.2) is 9.67 Å². The Morgan fingerprint density at radius 2 is 2.03 bits per heavy atom. The number of fused-ring (bicyclic) bond motifs is 2. The molecule has 33 heavy (non-hydrogen) atoms. The van der Waals surface area contributed by atoms with Crippen LogP contribution in [0, 0.1) is 0 Å². The molecule has 2 aromatic heterocycles. The first kappa shape index (κ1) is 21.5. The summed E-state index contributed by atoms with van der Waals surface area (Å²) in [5, 5.41) is 8.85. The average molecular weight is 481 g/mol. The van der Waals surface area contributed by atoms with E-state index in [2.05, 4.69) is 10.4 Å². The number of aromatic nitrogens is 4. The Balaban J connectivity index is 1.39. The number of thioether (sulfide) groups is 1. The second-order valence-corrected chi connectivity index (χ2v) is 9.43. The highest BCUT2D eigenvalue weighted by atomic mass is 35.5. The molecule has 1 aliphatic rings. The Bertz CT molecular complexity index is 1410. The topological polar surface area (TPSA) is 85.1 Å². The first-order valence-corrected chi connectivity index (χ1v) is 11.7. The summed E-state index contributed by atoms with van der Waals surface area (Å²) < 4.78 is 3.23. The van der Waals surface area contributed by atoms with Crippen LogP contribution in [0.1, 0.15) is 12.5 Å². The Labute approximate surface area is 199 Å². The van der Waals surface area contributed by atoms with Gasteiger partial charge in [0.15, 0.2) is 10.8 Å². The van der Waals surface area contributed by atoms with Crippen molar-refractivity contribution in [1.82, 2.24) is 19.3 Å². The second kappa shape index (κ2) is 8.57. The molecule has 0 saturated heterocycles. The number of halogens is 1. The summed E-state index contributed by atoms with van der Waals surface area (Å²) in [6.07, 6.45) is 1.70. The third-order valence-electron chi connectivity index (χ3n) is 5.51. The molecule has 168 valence electrons. The van der Waals surface area contributed by atoms with Crippen LogP contribution in [-0.4, -0.2) is 45.1 Å². The first-order chi connectivity index (χ1) is 15.9. The zero-order chi connectivity index (χ0) is 23.1. The van der Waals surface area contributed by atoms with Crippen LogP contribution in [0.2, 0.25) is 5.02 Å². The maximum absolute atomic E-state index is 13.3. The van der Waals surface area contributed by atoms with Gasteiger partial charge in [-0.1, -0.05) is 29.4 Å². The van der Waals surface area contributed by atoms with Crippen LogP contribution >= 0.6 is 23.4 Å². The average Bonchev–Trinajstić information content (AvgIpc) is 3.39. The van der Waals surface area contributed by atoms with Crippen LogP contribution in [0.5, 0.6) is 0 Å². The molecular weight excluding hydrogens is 460 g/mol. The van der Waals surface area contributed by atoms with Crippen molar-refractivity contribution in [3.05, 3.63) is 70.1 Å². The molecule has 0 radical (unpaired) electrons. The van der Waals surface area contributed by atoms with Crippen molar-refractivity contribution in [2.24, 2.45) is 0 Å². The molecule has 2 aromatic carbocycles. The molecule has 3 heterocycles. The minimum Gasteiger partial charge on any atom is -0.378 e. The van der Waals surface area contributed by atoms with Gasteiger partial charge in [0.1, 0.15) is 5.39 Å². The van der Waals surface area contributed by atoms with E-state index in [1.54, 1.807) is 21.4 Å². The van der Waals surface area contributed by atoms with E-state index in [9.17, 15) is 9.59 Å². The number of benzene rings is 2. The zero-order valence-corrected chi connectivity index (χ0v) is 19.6. The van der Waals surface area contributed by atoms with Gasteiger partial charge in [0.25, 0.3) is 5.56 Å². The summed E-state index contributed by atoms with van der Waals surface area (Å²) in [7, 11) is 3.93. The van der Waals surface area contributed by atoms with Gasteiger partial charge < -0.3 is 10.2 Å². The number of hydrogen-bond acceptors (Lipinski definition) is 6. The van der Waals surface area contributed by atoms with Crippen molar-refractivity contribution in [1.29, 1.82) is 0 Å². The van der Waals surface area contributed by atoms with E-state index in [0.717, 1.165) is 17.1 Å². The van der Waals surface area contributed by atoms with E-state index in [0.29, 0.717) is 27.0 Å². The quantitative estimate of drug-likeness (QED) is 0.435. The number of anilines is 2. The van der Waals surface area contributed by atoms with Crippen molar-refractivity contribution in [3.8, 4) is 5.69 Å². The minimum absolute atomic E-state index is 0.146. The summed E-state index contributed by atoms with van der Waals surface area (Å²) in [5.41, 5.74) is 2.79. The number of hydrogen-bond donors (Lipinski definition) is 1. The first-order valence-electron chi connectivity index (χ1n) is 10.4. The minimum atomic E-state index is -0.273. The van der Waals surface area contributed by atoms with Crippen LogP contribution in [0.3, 0.4) is 0 Å². The fraction of sp³-hybridized carbons (Fsp3) is 0.217. The molecule has 1 N–H and O–H groups in total. The van der Waals surface area contributed by atoms with Gasteiger partial charge in [0.05, 0.1) is 17.9 Å². The fourth-order valence-electron chi connectivity index (χ4n) is 3.85. The third-order valence-corrected chi connectivity index (χ3v) is 6.84. The Kier molecular flexibility index (Phi) is 5.59. The van der Waals surface area contributed by atoms with Gasteiger partial charge in [-0.05, 0) is 42.5 Å². The van der Waals surface area contributed by atoms with E-state index >= 15 is 0 Å². The molecule has 4 aromatic rings. The molecule has 1 atom stereocenters. The van der Waals surface area contributed by atoms with Crippen LogP contribution in [0.25, 0.3) is 16.7 Å². The number of amides is 1. The van der Waals surface area contributed by atoms with E-state index in [-0.39, 0.29) is 23.9 Å². The third kappa shape index (κ3) is 4.09. The molecule has 0 bridgehead atoms. The molecule has 0 saturated carbocycles. The highest BCUT2D eigenvalue weighted by Gasteiger charge is 2.29. The number of nitrogens with one attached hydrogen (secondary N) is 1. The summed E-state index contributed by atoms with van der Waals surface area (Å²) in [6, 6.07) is 14.6. The van der Waals surface area contributed by atoms with Crippen LogP contribution < -0.4 is 15.8 Å². The molecule has 8 nitrogen and oxygen atoms in total. The maximum Gasteiger partial charge on any atom is 0.265 e. The van der Waals surface area contributed by atoms with Gasteiger partial charge in [-0.3, -0.25) is 14.2 Å². The monoisotopic (exact) mass is 480 g/mol. The lowest BCUT2D eigenvalue weighted by atomic mass is 10.2. The van der Waals surface area contributed by atoms with Crippen molar-refractivity contribution in [2.45, 2.75) is 17.6 Å². The summed E-state index contributed by atoms with van der Waals surface area (Å²) in [6.45, 7) is 0. The Hall–Kier alpha value is -3.30. The highest BCUT2D eigenvalue weighted by molar-refractivity contribution is 7.99. The smallest absolute Gasteiger partial charge is 0.265 e. The van der Waals surface area contributed by atoms with Crippen LogP contribution in [0.15, 0.2) is 64.7 Å².